The van der Waals surface area contributed by atoms with Crippen LogP contribution in [-0.2, 0) is 5.41 Å². The molecule has 0 atom stereocenters. The van der Waals surface area contributed by atoms with E-state index >= 15 is 0 Å². The van der Waals surface area contributed by atoms with Gasteiger partial charge in [-0.1, -0.05) is 50.2 Å². The number of rotatable bonds is 4. The molecular weight excluding hydrogens is 253 g/mol. The van der Waals surface area contributed by atoms with E-state index in [4.69, 9.17) is 0 Å². The van der Waals surface area contributed by atoms with Crippen molar-refractivity contribution in [2.24, 2.45) is 0 Å². The Kier molecular flexibility index (Phi) is 4.18. The van der Waals surface area contributed by atoms with Gasteiger partial charge in [-0.2, -0.15) is 0 Å². The van der Waals surface area contributed by atoms with Crippen molar-refractivity contribution in [3.8, 4) is 0 Å². The lowest BCUT2D eigenvalue weighted by Crippen LogP contribution is -2.36. The smallest absolute Gasteiger partial charge is 0.251 e. The van der Waals surface area contributed by atoms with E-state index in [2.05, 4.69) is 19.2 Å². The third kappa shape index (κ3) is 3.44. The van der Waals surface area contributed by atoms with Crippen molar-refractivity contribution >= 4 is 5.91 Å². The summed E-state index contributed by atoms with van der Waals surface area (Å²) in [5.41, 5.74) is 1.32. The first-order valence-corrected chi connectivity index (χ1v) is 6.58. The summed E-state index contributed by atoms with van der Waals surface area (Å²) in [6.45, 7) is 4.62. The van der Waals surface area contributed by atoms with E-state index in [9.17, 15) is 9.18 Å². The highest BCUT2D eigenvalue weighted by molar-refractivity contribution is 5.94. The first-order chi connectivity index (χ1) is 9.49. The molecule has 1 amide bonds. The molecule has 0 heterocycles. The minimum absolute atomic E-state index is 0.176. The van der Waals surface area contributed by atoms with Gasteiger partial charge in [0, 0.05) is 17.5 Å². The molecule has 2 nitrogen and oxygen atoms in total. The van der Waals surface area contributed by atoms with Crippen molar-refractivity contribution < 1.29 is 9.18 Å². The average molecular weight is 271 g/mol. The normalized spacial score (nSPS) is 11.2. The van der Waals surface area contributed by atoms with Crippen LogP contribution in [0.25, 0.3) is 0 Å². The highest BCUT2D eigenvalue weighted by Gasteiger charge is 2.21. The molecule has 0 unspecified atom stereocenters. The van der Waals surface area contributed by atoms with Gasteiger partial charge in [0.2, 0.25) is 0 Å². The van der Waals surface area contributed by atoms with Crippen molar-refractivity contribution in [1.29, 1.82) is 0 Å². The first-order valence-electron chi connectivity index (χ1n) is 6.58. The van der Waals surface area contributed by atoms with Crippen LogP contribution in [0.3, 0.4) is 0 Å². The number of hydrogen-bond donors (Lipinski definition) is 1. The molecule has 2 aromatic carbocycles. The fourth-order valence-electron chi connectivity index (χ4n) is 2.02. The minimum Gasteiger partial charge on any atom is -0.351 e. The lowest BCUT2D eigenvalue weighted by molar-refractivity contribution is 0.0945. The summed E-state index contributed by atoms with van der Waals surface area (Å²) >= 11 is 0. The summed E-state index contributed by atoms with van der Waals surface area (Å²) in [5.74, 6) is -0.659. The van der Waals surface area contributed by atoms with Crippen LogP contribution in [0.4, 0.5) is 4.39 Å². The van der Waals surface area contributed by atoms with Gasteiger partial charge in [0.15, 0.2) is 0 Å². The number of halogens is 1. The monoisotopic (exact) mass is 271 g/mol. The largest absolute Gasteiger partial charge is 0.351 e. The van der Waals surface area contributed by atoms with Crippen LogP contribution < -0.4 is 5.32 Å². The van der Waals surface area contributed by atoms with E-state index in [-0.39, 0.29) is 11.3 Å². The Labute approximate surface area is 118 Å². The molecule has 20 heavy (non-hydrogen) atoms. The molecule has 0 spiro atoms. The summed E-state index contributed by atoms with van der Waals surface area (Å²) < 4.78 is 13.1. The zero-order valence-corrected chi connectivity index (χ0v) is 11.7. The molecular formula is C17H18FNO. The third-order valence-electron chi connectivity index (χ3n) is 3.33. The SMILES string of the molecule is CC(C)(CNC(=O)c1cccc(F)c1)c1ccccc1. The second-order valence-corrected chi connectivity index (χ2v) is 5.44. The van der Waals surface area contributed by atoms with Crippen LogP contribution in [0.5, 0.6) is 0 Å². The molecule has 0 aromatic heterocycles. The van der Waals surface area contributed by atoms with Crippen molar-refractivity contribution in [3.05, 3.63) is 71.5 Å². The zero-order chi connectivity index (χ0) is 14.6. The van der Waals surface area contributed by atoms with Gasteiger partial charge in [0.05, 0.1) is 0 Å². The molecule has 0 aliphatic heterocycles. The quantitative estimate of drug-likeness (QED) is 0.905. The Balaban J connectivity index is 2.03. The van der Waals surface area contributed by atoms with Gasteiger partial charge < -0.3 is 5.32 Å². The standard InChI is InChI=1S/C17H18FNO/c1-17(2,14-8-4-3-5-9-14)12-19-16(20)13-7-6-10-15(18)11-13/h3-11H,12H2,1-2H3,(H,19,20). The summed E-state index contributed by atoms with van der Waals surface area (Å²) in [7, 11) is 0. The molecule has 0 saturated heterocycles. The number of carbonyl (C=O) groups is 1. The van der Waals surface area contributed by atoms with Crippen molar-refractivity contribution in [2.75, 3.05) is 6.54 Å². The number of benzene rings is 2. The highest BCUT2D eigenvalue weighted by atomic mass is 19.1. The fourth-order valence-corrected chi connectivity index (χ4v) is 2.02. The lowest BCUT2D eigenvalue weighted by Gasteiger charge is -2.25. The van der Waals surface area contributed by atoms with Gasteiger partial charge in [-0.05, 0) is 23.8 Å². The van der Waals surface area contributed by atoms with E-state index in [1.54, 1.807) is 6.07 Å². The van der Waals surface area contributed by atoms with Crippen LogP contribution in [-0.4, -0.2) is 12.5 Å². The van der Waals surface area contributed by atoms with Gasteiger partial charge in [0.1, 0.15) is 5.82 Å². The van der Waals surface area contributed by atoms with Crippen molar-refractivity contribution in [3.63, 3.8) is 0 Å². The summed E-state index contributed by atoms with van der Waals surface area (Å²) in [4.78, 5) is 12.0. The third-order valence-corrected chi connectivity index (χ3v) is 3.33. The molecule has 0 bridgehead atoms. The maximum Gasteiger partial charge on any atom is 0.251 e. The second kappa shape index (κ2) is 5.87. The van der Waals surface area contributed by atoms with Crippen LogP contribution in [0, 0.1) is 5.82 Å². The molecule has 104 valence electrons. The van der Waals surface area contributed by atoms with Crippen LogP contribution in [0.15, 0.2) is 54.6 Å². The number of hydrogen-bond acceptors (Lipinski definition) is 1. The van der Waals surface area contributed by atoms with Crippen LogP contribution >= 0.6 is 0 Å². The Morgan fingerprint density at radius 1 is 1.10 bits per heavy atom. The van der Waals surface area contributed by atoms with Crippen LogP contribution in [0.1, 0.15) is 29.8 Å². The van der Waals surface area contributed by atoms with Gasteiger partial charge in [-0.25, -0.2) is 4.39 Å². The van der Waals surface area contributed by atoms with Crippen molar-refractivity contribution in [1.82, 2.24) is 5.32 Å². The summed E-state index contributed by atoms with van der Waals surface area (Å²) in [5, 5.41) is 2.86. The molecule has 2 aromatic rings. The molecule has 0 saturated carbocycles. The molecule has 2 rings (SSSR count). The summed E-state index contributed by atoms with van der Waals surface area (Å²) in [6.07, 6.45) is 0. The maximum absolute atomic E-state index is 13.1. The van der Waals surface area contributed by atoms with Gasteiger partial charge in [0.25, 0.3) is 5.91 Å². The Morgan fingerprint density at radius 3 is 2.45 bits per heavy atom. The lowest BCUT2D eigenvalue weighted by atomic mass is 9.84. The number of amides is 1. The van der Waals surface area contributed by atoms with E-state index in [1.807, 2.05) is 30.3 Å². The topological polar surface area (TPSA) is 29.1 Å². The summed E-state index contributed by atoms with van der Waals surface area (Å²) in [6, 6.07) is 15.7. The van der Waals surface area contributed by atoms with E-state index in [1.165, 1.54) is 18.2 Å². The average Bonchev–Trinajstić information content (AvgIpc) is 2.46. The Bertz CT molecular complexity index is 593. The molecule has 0 fully saturated rings. The van der Waals surface area contributed by atoms with E-state index < -0.39 is 5.82 Å². The first kappa shape index (κ1) is 14.3. The molecule has 0 radical (unpaired) electrons. The minimum atomic E-state index is -0.403. The predicted octanol–water partition coefficient (Wildman–Crippen LogP) is 3.53. The number of carbonyl (C=O) groups excluding carboxylic acids is 1. The molecule has 3 heteroatoms. The predicted molar refractivity (Wildman–Crippen MR) is 78.2 cm³/mol. The Morgan fingerprint density at radius 2 is 1.80 bits per heavy atom. The maximum atomic E-state index is 13.1. The fraction of sp³-hybridized carbons (Fsp3) is 0.235. The molecule has 0 aliphatic rings. The molecule has 0 aliphatic carbocycles. The van der Waals surface area contributed by atoms with Crippen molar-refractivity contribution in [2.45, 2.75) is 19.3 Å². The van der Waals surface area contributed by atoms with Gasteiger partial charge >= 0.3 is 0 Å². The van der Waals surface area contributed by atoms with E-state index in [0.717, 1.165) is 5.56 Å². The number of nitrogens with one attached hydrogen (secondary N) is 1. The second-order valence-electron chi connectivity index (χ2n) is 5.44. The Hall–Kier alpha value is -2.16. The molecule has 1 N–H and O–H groups in total. The van der Waals surface area contributed by atoms with Crippen LogP contribution in [0.2, 0.25) is 0 Å². The van der Waals surface area contributed by atoms with Gasteiger partial charge in [-0.15, -0.1) is 0 Å². The van der Waals surface area contributed by atoms with E-state index in [0.29, 0.717) is 12.1 Å². The zero-order valence-electron chi connectivity index (χ0n) is 11.7. The van der Waals surface area contributed by atoms with Gasteiger partial charge in [-0.3, -0.25) is 4.79 Å². The highest BCUT2D eigenvalue weighted by Crippen LogP contribution is 2.21.